The molecule has 1 aliphatic rings. The van der Waals surface area contributed by atoms with E-state index in [1.165, 1.54) is 11.3 Å². The topological polar surface area (TPSA) is 218 Å². The van der Waals surface area contributed by atoms with Crippen molar-refractivity contribution in [3.8, 4) is 42.0 Å². The van der Waals surface area contributed by atoms with Crippen molar-refractivity contribution in [2.75, 3.05) is 9.80 Å². The molecule has 12 rings (SSSR count). The minimum atomic E-state index is -0.858. The number of aromatic nitrogens is 2. The molecule has 11 aromatic rings. The maximum atomic E-state index is 11.4. The number of benzene rings is 6. The molecule has 5 N–H and O–H groups in total. The lowest BCUT2D eigenvalue weighted by molar-refractivity contribution is -0.138. The normalized spacial score (nSPS) is 12.5. The van der Waals surface area contributed by atoms with Crippen molar-refractivity contribution in [1.82, 2.24) is 9.97 Å². The van der Waals surface area contributed by atoms with Crippen LogP contribution in [-0.2, 0) is 44.9 Å². The Morgan fingerprint density at radius 1 is 0.396 bits per heavy atom. The molecule has 19 heteroatoms. The van der Waals surface area contributed by atoms with E-state index in [2.05, 4.69) is 87.7 Å². The molecule has 0 saturated heterocycles. The Bertz CT molecular complexity index is 4540. The number of hydrogen-bond donors (Lipinski definition) is 6. The van der Waals surface area contributed by atoms with Gasteiger partial charge in [0.1, 0.15) is 27.8 Å². The van der Waals surface area contributed by atoms with E-state index in [9.17, 15) is 45.0 Å². The second-order valence-electron chi connectivity index (χ2n) is 21.5. The van der Waals surface area contributed by atoms with Crippen LogP contribution in [-0.4, -0.2) is 65.7 Å². The van der Waals surface area contributed by atoms with E-state index < -0.39 is 23.9 Å². The molecule has 0 bridgehead atoms. The van der Waals surface area contributed by atoms with Crippen LogP contribution in [0.15, 0.2) is 209 Å². The van der Waals surface area contributed by atoms with Crippen LogP contribution in [0, 0.1) is 5.41 Å². The van der Waals surface area contributed by atoms with Crippen molar-refractivity contribution < 1.29 is 39.6 Å². The van der Waals surface area contributed by atoms with Gasteiger partial charge in [-0.3, -0.25) is 24.6 Å². The summed E-state index contributed by atoms with van der Waals surface area (Å²) >= 11 is 10.9. The second kappa shape index (κ2) is 27.5. The number of rotatable bonds is 24. The lowest BCUT2D eigenvalue weighted by Crippen LogP contribution is -2.45. The monoisotopic (exact) mass is 1290 g/mol. The molecule has 1 aliphatic carbocycles. The Kier molecular flexibility index (Phi) is 18.5. The quantitative estimate of drug-likeness (QED) is 0.0312. The van der Waals surface area contributed by atoms with Gasteiger partial charge in [0.25, 0.3) is 0 Å². The number of carbonyl (C=O) groups is 4. The maximum absolute atomic E-state index is 11.4. The van der Waals surface area contributed by atoms with Gasteiger partial charge in [0, 0.05) is 90.5 Å². The summed E-state index contributed by atoms with van der Waals surface area (Å²) in [6, 6.07) is 64.1. The average Bonchev–Trinajstić information content (AvgIpc) is 1.73. The SMILES string of the molecule is N=C1C(c2ccc(-c3ccc(N(c4ccc(CCC(=O)O)cc4)c4ccc(CCC(=O)O)cc4)cc3)s2)=c2nc(-c3cccs3)c(-c3cccs3)nc2=C(c2ccc(-c3ccc(N(c4ccc(CCC(=O)O)cc4)c4ccc(CCC(=O)O)cc4)cc3)s2)/C1=N/S. The molecule has 0 spiro atoms. The molecule has 91 heavy (non-hydrogen) atoms. The van der Waals surface area contributed by atoms with Crippen molar-refractivity contribution in [3.05, 3.63) is 248 Å². The van der Waals surface area contributed by atoms with Crippen LogP contribution < -0.4 is 20.5 Å². The second-order valence-corrected chi connectivity index (χ2v) is 25.7. The lowest BCUT2D eigenvalue weighted by atomic mass is 9.92. The third kappa shape index (κ3) is 13.8. The van der Waals surface area contributed by atoms with Crippen molar-refractivity contribution in [3.63, 3.8) is 0 Å². The number of aryl methyl sites for hydroxylation is 4. The van der Waals surface area contributed by atoms with Gasteiger partial charge in [-0.15, -0.1) is 45.3 Å². The smallest absolute Gasteiger partial charge is 0.303 e. The Labute approximate surface area is 545 Å². The highest BCUT2D eigenvalue weighted by Gasteiger charge is 2.31. The summed E-state index contributed by atoms with van der Waals surface area (Å²) in [6.07, 6.45) is 1.73. The first-order chi connectivity index (χ1) is 44.2. The summed E-state index contributed by atoms with van der Waals surface area (Å²) in [5.74, 6) is -3.43. The third-order valence-corrected chi connectivity index (χ3v) is 19.8. The van der Waals surface area contributed by atoms with Crippen molar-refractivity contribution in [2.45, 2.75) is 51.4 Å². The summed E-state index contributed by atoms with van der Waals surface area (Å²) in [5, 5.41) is 52.6. The van der Waals surface area contributed by atoms with Gasteiger partial charge >= 0.3 is 23.9 Å². The number of nitrogens with zero attached hydrogens (tertiary/aromatic N) is 5. The number of thiophene rings is 4. The highest BCUT2D eigenvalue weighted by molar-refractivity contribution is 7.79. The van der Waals surface area contributed by atoms with E-state index in [1.54, 1.807) is 34.0 Å². The fourth-order valence-corrected chi connectivity index (χ4v) is 14.7. The molecule has 0 fully saturated rings. The Morgan fingerprint density at radius 3 is 0.989 bits per heavy atom. The molecule has 0 radical (unpaired) electrons. The van der Waals surface area contributed by atoms with Gasteiger partial charge in [-0.25, -0.2) is 14.4 Å². The van der Waals surface area contributed by atoms with Gasteiger partial charge in [-0.1, -0.05) is 84.9 Å². The van der Waals surface area contributed by atoms with E-state index in [1.807, 2.05) is 144 Å². The van der Waals surface area contributed by atoms with E-state index in [0.29, 0.717) is 64.6 Å². The minimum Gasteiger partial charge on any atom is -0.481 e. The predicted octanol–water partition coefficient (Wildman–Crippen LogP) is 16.1. The zero-order chi connectivity index (χ0) is 63.1. The first-order valence-electron chi connectivity index (χ1n) is 29.1. The zero-order valence-corrected chi connectivity index (χ0v) is 52.7. The molecule has 14 nitrogen and oxygen atoms in total. The molecule has 5 heterocycles. The molecule has 0 aliphatic heterocycles. The maximum Gasteiger partial charge on any atom is 0.303 e. The van der Waals surface area contributed by atoms with Crippen molar-refractivity contribution in [2.24, 2.45) is 4.40 Å². The molecule has 5 aromatic heterocycles. The molecule has 0 atom stereocenters. The van der Waals surface area contributed by atoms with Gasteiger partial charge < -0.3 is 30.2 Å². The summed E-state index contributed by atoms with van der Waals surface area (Å²) in [5.41, 5.74) is 13.9. The summed E-state index contributed by atoms with van der Waals surface area (Å²) in [4.78, 5) is 66.2. The van der Waals surface area contributed by atoms with Gasteiger partial charge in [0.05, 0.1) is 15.5 Å². The van der Waals surface area contributed by atoms with Gasteiger partial charge in [-0.2, -0.15) is 0 Å². The van der Waals surface area contributed by atoms with Crippen molar-refractivity contribution in [1.29, 1.82) is 5.41 Å². The standard InChI is InChI=1S/C72H56N6O8S5/c73-67-65(57-35-33-55(90-57)47-17-29-53(30-18-47)77(49-21-5-43(6-22-49)13-37-61(79)80)50-23-7-44(8-24-50)14-38-62(81)82)71-72(75-69(60-4-2-42-89-60)68(74-71)59-3-1-41-88-59)66(70(67)76-87)58-36-34-56(91-58)48-19-31-54(32-20-48)78(51-25-9-45(10-26-51)15-39-63(83)84)52-27-11-46(12-28-52)16-40-64(85)86/h1-12,17-36,41-42,73,87H,13-16,37-40H2,(H,79,80)(H,81,82)(H,83,84)(H,85,86)/b73-67?,76-70-. The summed E-state index contributed by atoms with van der Waals surface area (Å²) in [7, 11) is 0. The number of fused-ring (bicyclic) bond motifs is 1. The Balaban J connectivity index is 0.921. The molecule has 6 aromatic carbocycles. The predicted molar refractivity (Wildman–Crippen MR) is 370 cm³/mol. The van der Waals surface area contributed by atoms with E-state index in [0.717, 1.165) is 96.8 Å². The van der Waals surface area contributed by atoms with Crippen LogP contribution in [0.2, 0.25) is 0 Å². The summed E-state index contributed by atoms with van der Waals surface area (Å²) < 4.78 is 4.59. The molecular formula is C72H56N6O8S5. The number of carboxylic acids is 4. The van der Waals surface area contributed by atoms with Crippen molar-refractivity contribution >= 4 is 139 Å². The summed E-state index contributed by atoms with van der Waals surface area (Å²) in [6.45, 7) is 0. The molecule has 0 unspecified atom stereocenters. The molecule has 452 valence electrons. The van der Waals surface area contributed by atoms with Crippen LogP contribution in [0.5, 0.6) is 0 Å². The largest absolute Gasteiger partial charge is 0.481 e. The average molecular weight is 1290 g/mol. The number of thiol groups is 1. The molecule has 0 amide bonds. The van der Waals surface area contributed by atoms with Gasteiger partial charge in [0.15, 0.2) is 0 Å². The number of carboxylic acid groups (broad SMARTS) is 4. The fraction of sp³-hybridized carbons (Fsp3) is 0.111. The number of hydrogen-bond acceptors (Lipinski definition) is 15. The lowest BCUT2D eigenvalue weighted by Gasteiger charge is -2.26. The zero-order valence-electron chi connectivity index (χ0n) is 48.5. The highest BCUT2D eigenvalue weighted by Crippen LogP contribution is 2.42. The van der Waals surface area contributed by atoms with Crippen LogP contribution in [0.1, 0.15) is 57.7 Å². The van der Waals surface area contributed by atoms with Gasteiger partial charge in [-0.05, 0) is 192 Å². The van der Waals surface area contributed by atoms with Gasteiger partial charge in [0.2, 0.25) is 0 Å². The molecular weight excluding hydrogens is 1240 g/mol. The first-order valence-corrected chi connectivity index (χ1v) is 32.8. The Morgan fingerprint density at radius 2 is 0.692 bits per heavy atom. The highest BCUT2D eigenvalue weighted by atomic mass is 32.1. The van der Waals surface area contributed by atoms with Crippen LogP contribution in [0.3, 0.4) is 0 Å². The van der Waals surface area contributed by atoms with Crippen LogP contribution in [0.25, 0.3) is 53.2 Å². The van der Waals surface area contributed by atoms with E-state index >= 15 is 0 Å². The van der Waals surface area contributed by atoms with Crippen LogP contribution >= 0.6 is 58.2 Å². The van der Waals surface area contributed by atoms with E-state index in [4.69, 9.17) is 9.97 Å². The fourth-order valence-electron chi connectivity index (χ4n) is 11.0. The van der Waals surface area contributed by atoms with Crippen LogP contribution in [0.4, 0.5) is 34.1 Å². The first kappa shape index (κ1) is 61.4. The minimum absolute atomic E-state index is 0.0263. The third-order valence-electron chi connectivity index (χ3n) is 15.5. The Hall–Kier alpha value is -9.89. The number of anilines is 6. The number of aliphatic carboxylic acids is 4. The van der Waals surface area contributed by atoms with E-state index in [-0.39, 0.29) is 31.4 Å². The molecule has 0 saturated carbocycles. The number of nitrogens with one attached hydrogen (secondary N) is 1.